The van der Waals surface area contributed by atoms with Crippen LogP contribution in [-0.2, 0) is 0 Å². The third-order valence-electron chi connectivity index (χ3n) is 2.54. The minimum Gasteiger partial charge on any atom is -0.395 e. The number of hydrogen-bond donors (Lipinski definition) is 2. The summed E-state index contributed by atoms with van der Waals surface area (Å²) in [6.07, 6.45) is 0.298. The van der Waals surface area contributed by atoms with Gasteiger partial charge in [0.15, 0.2) is 0 Å². The van der Waals surface area contributed by atoms with Crippen molar-refractivity contribution in [3.8, 4) is 11.8 Å². The van der Waals surface area contributed by atoms with Gasteiger partial charge in [-0.25, -0.2) is 4.39 Å². The Morgan fingerprint density at radius 3 is 2.80 bits per heavy atom. The Labute approximate surface area is 118 Å². The summed E-state index contributed by atoms with van der Waals surface area (Å²) < 4.78 is 13.7. The molecule has 5 heteroatoms. The first-order valence-electron chi connectivity index (χ1n) is 6.37. The zero-order chi connectivity index (χ0) is 15.0. The molecule has 0 radical (unpaired) electrons. The summed E-state index contributed by atoms with van der Waals surface area (Å²) in [7, 11) is 3.82. The number of rotatable bonds is 5. The van der Waals surface area contributed by atoms with Crippen molar-refractivity contribution in [3.63, 3.8) is 0 Å². The molecule has 0 saturated heterocycles. The number of aliphatic hydroxyl groups excluding tert-OH is 1. The highest BCUT2D eigenvalue weighted by atomic mass is 19.1. The molecule has 4 nitrogen and oxygen atoms in total. The van der Waals surface area contributed by atoms with Crippen LogP contribution in [0.1, 0.15) is 22.3 Å². The second-order valence-electron chi connectivity index (χ2n) is 4.53. The predicted octanol–water partition coefficient (Wildman–Crippen LogP) is 0.851. The van der Waals surface area contributed by atoms with E-state index in [1.807, 2.05) is 19.0 Å². The highest BCUT2D eigenvalue weighted by Gasteiger charge is 2.08. The quantitative estimate of drug-likeness (QED) is 0.785. The molecular weight excluding hydrogens is 259 g/mol. The second kappa shape index (κ2) is 8.31. The van der Waals surface area contributed by atoms with Gasteiger partial charge in [-0.2, -0.15) is 0 Å². The Hall–Kier alpha value is -1.90. The zero-order valence-electron chi connectivity index (χ0n) is 11.7. The van der Waals surface area contributed by atoms with Gasteiger partial charge < -0.3 is 15.3 Å². The average Bonchev–Trinajstić information content (AvgIpc) is 2.40. The Morgan fingerprint density at radius 2 is 2.20 bits per heavy atom. The van der Waals surface area contributed by atoms with Gasteiger partial charge in [-0.3, -0.25) is 4.79 Å². The van der Waals surface area contributed by atoms with Crippen molar-refractivity contribution in [3.05, 3.63) is 35.1 Å². The number of halogens is 1. The predicted molar refractivity (Wildman–Crippen MR) is 75.9 cm³/mol. The third-order valence-corrected chi connectivity index (χ3v) is 2.54. The van der Waals surface area contributed by atoms with Crippen LogP contribution >= 0.6 is 0 Å². The Bertz CT molecular complexity index is 518. The molecule has 0 atom stereocenters. The molecule has 0 aliphatic carbocycles. The molecule has 1 amide bonds. The van der Waals surface area contributed by atoms with Crippen LogP contribution in [-0.4, -0.2) is 49.7 Å². The van der Waals surface area contributed by atoms with Gasteiger partial charge in [-0.05, 0) is 32.3 Å². The number of nitrogens with one attached hydrogen (secondary N) is 1. The summed E-state index contributed by atoms with van der Waals surface area (Å²) in [6.45, 7) is 1.17. The van der Waals surface area contributed by atoms with E-state index in [0.717, 1.165) is 6.54 Å². The summed E-state index contributed by atoms with van der Waals surface area (Å²) in [6, 6.07) is 4.19. The van der Waals surface area contributed by atoms with E-state index in [0.29, 0.717) is 13.0 Å². The Morgan fingerprint density at radius 1 is 1.45 bits per heavy atom. The minimum atomic E-state index is -0.532. The molecule has 2 N–H and O–H groups in total. The van der Waals surface area contributed by atoms with Crippen LogP contribution in [0.5, 0.6) is 0 Å². The molecule has 0 heterocycles. The van der Waals surface area contributed by atoms with E-state index in [2.05, 4.69) is 17.2 Å². The number of carbonyl (C=O) groups excluding carboxylic acids is 1. The monoisotopic (exact) mass is 278 g/mol. The number of amides is 1. The van der Waals surface area contributed by atoms with Crippen LogP contribution in [0.4, 0.5) is 4.39 Å². The van der Waals surface area contributed by atoms with Gasteiger partial charge in [0.05, 0.1) is 12.2 Å². The van der Waals surface area contributed by atoms with Crippen LogP contribution in [0.3, 0.4) is 0 Å². The largest absolute Gasteiger partial charge is 0.395 e. The maximum atomic E-state index is 13.7. The van der Waals surface area contributed by atoms with Crippen LogP contribution in [0, 0.1) is 17.7 Å². The van der Waals surface area contributed by atoms with Crippen molar-refractivity contribution in [1.82, 2.24) is 10.2 Å². The van der Waals surface area contributed by atoms with Gasteiger partial charge in [-0.15, -0.1) is 0 Å². The summed E-state index contributed by atoms with van der Waals surface area (Å²) in [5.74, 6) is 4.42. The van der Waals surface area contributed by atoms with Gasteiger partial charge >= 0.3 is 0 Å². The summed E-state index contributed by atoms with van der Waals surface area (Å²) >= 11 is 0. The Kier molecular flexibility index (Phi) is 6.71. The molecule has 0 aromatic heterocycles. The average molecular weight is 278 g/mol. The standard InChI is InChI=1S/C15H19FN2O2/c1-18(2)9-8-17-15(20)13-7-6-12(14(16)11-13)5-3-4-10-19/h6-7,11,19H,4,8-10H2,1-2H3,(H,17,20). The van der Waals surface area contributed by atoms with Gasteiger partial charge in [0.25, 0.3) is 5.91 Å². The number of likely N-dealkylation sites (N-methyl/N-ethyl adjacent to an activating group) is 1. The summed E-state index contributed by atoms with van der Waals surface area (Å²) in [5.41, 5.74) is 0.497. The molecule has 0 fully saturated rings. The lowest BCUT2D eigenvalue weighted by Crippen LogP contribution is -2.31. The van der Waals surface area contributed by atoms with Gasteiger partial charge in [0.1, 0.15) is 5.82 Å². The molecule has 0 bridgehead atoms. The molecule has 20 heavy (non-hydrogen) atoms. The SMILES string of the molecule is CN(C)CCNC(=O)c1ccc(C#CCCO)c(F)c1. The lowest BCUT2D eigenvalue weighted by atomic mass is 10.1. The highest BCUT2D eigenvalue weighted by molar-refractivity contribution is 5.94. The van der Waals surface area contributed by atoms with Crippen molar-refractivity contribution in [2.45, 2.75) is 6.42 Å². The van der Waals surface area contributed by atoms with Crippen molar-refractivity contribution in [1.29, 1.82) is 0 Å². The lowest BCUT2D eigenvalue weighted by molar-refractivity contribution is 0.0950. The normalized spacial score (nSPS) is 10.1. The number of carbonyl (C=O) groups is 1. The van der Waals surface area contributed by atoms with Crippen LogP contribution in [0.15, 0.2) is 18.2 Å². The maximum Gasteiger partial charge on any atom is 0.251 e. The zero-order valence-corrected chi connectivity index (χ0v) is 11.7. The second-order valence-corrected chi connectivity index (χ2v) is 4.53. The van der Waals surface area contributed by atoms with E-state index in [-0.39, 0.29) is 23.6 Å². The fourth-order valence-electron chi connectivity index (χ4n) is 1.47. The maximum absolute atomic E-state index is 13.7. The summed E-state index contributed by atoms with van der Waals surface area (Å²) in [4.78, 5) is 13.7. The highest BCUT2D eigenvalue weighted by Crippen LogP contribution is 2.09. The number of benzene rings is 1. The molecule has 0 aliphatic heterocycles. The fraction of sp³-hybridized carbons (Fsp3) is 0.400. The van der Waals surface area contributed by atoms with Crippen molar-refractivity contribution in [2.24, 2.45) is 0 Å². The van der Waals surface area contributed by atoms with E-state index in [4.69, 9.17) is 5.11 Å². The molecule has 0 saturated carbocycles. The molecular formula is C15H19FN2O2. The van der Waals surface area contributed by atoms with Crippen molar-refractivity contribution in [2.75, 3.05) is 33.8 Å². The van der Waals surface area contributed by atoms with Crippen molar-refractivity contribution < 1.29 is 14.3 Å². The fourth-order valence-corrected chi connectivity index (χ4v) is 1.47. The van der Waals surface area contributed by atoms with Gasteiger partial charge in [0.2, 0.25) is 0 Å². The molecule has 0 unspecified atom stereocenters. The Balaban J connectivity index is 2.67. The van der Waals surface area contributed by atoms with Gasteiger partial charge in [-0.1, -0.05) is 11.8 Å². The van der Waals surface area contributed by atoms with E-state index in [9.17, 15) is 9.18 Å². The van der Waals surface area contributed by atoms with Gasteiger partial charge in [0, 0.05) is 25.1 Å². The van der Waals surface area contributed by atoms with E-state index >= 15 is 0 Å². The van der Waals surface area contributed by atoms with Crippen molar-refractivity contribution >= 4 is 5.91 Å². The lowest BCUT2D eigenvalue weighted by Gasteiger charge is -2.10. The molecule has 0 spiro atoms. The number of aliphatic hydroxyl groups is 1. The number of hydrogen-bond acceptors (Lipinski definition) is 3. The first-order chi connectivity index (χ1) is 9.54. The first kappa shape index (κ1) is 16.2. The summed E-state index contributed by atoms with van der Waals surface area (Å²) in [5, 5.41) is 11.3. The topological polar surface area (TPSA) is 52.6 Å². The molecule has 0 aliphatic rings. The van der Waals surface area contributed by atoms with Crippen LogP contribution < -0.4 is 5.32 Å². The van der Waals surface area contributed by atoms with Crippen LogP contribution in [0.25, 0.3) is 0 Å². The first-order valence-corrected chi connectivity index (χ1v) is 6.37. The smallest absolute Gasteiger partial charge is 0.251 e. The van der Waals surface area contributed by atoms with E-state index in [1.165, 1.54) is 18.2 Å². The molecule has 1 aromatic carbocycles. The molecule has 1 aromatic rings. The van der Waals surface area contributed by atoms with E-state index < -0.39 is 5.82 Å². The number of nitrogens with zero attached hydrogens (tertiary/aromatic N) is 1. The molecule has 1 rings (SSSR count). The molecule has 108 valence electrons. The van der Waals surface area contributed by atoms with E-state index in [1.54, 1.807) is 0 Å². The van der Waals surface area contributed by atoms with Crippen LogP contribution in [0.2, 0.25) is 0 Å². The minimum absolute atomic E-state index is 0.0546. The third kappa shape index (κ3) is 5.39.